The molecular weight excluding hydrogens is 216 g/mol. The zero-order valence-corrected chi connectivity index (χ0v) is 10.3. The summed E-state index contributed by atoms with van der Waals surface area (Å²) < 4.78 is 0. The number of hydrogen-bond acceptors (Lipinski definition) is 3. The predicted molar refractivity (Wildman–Crippen MR) is 68.3 cm³/mol. The van der Waals surface area contributed by atoms with Crippen LogP contribution >= 0.6 is 0 Å². The molecule has 1 aliphatic rings. The molecule has 4 heteroatoms. The summed E-state index contributed by atoms with van der Waals surface area (Å²) in [5.41, 5.74) is 1.76. The molecule has 2 atom stereocenters. The molecule has 2 unspecified atom stereocenters. The van der Waals surface area contributed by atoms with Gasteiger partial charge >= 0.3 is 0 Å². The quantitative estimate of drug-likeness (QED) is 0.643. The minimum atomic E-state index is -0.312. The van der Waals surface area contributed by atoms with Gasteiger partial charge in [-0.25, -0.2) is 0 Å². The second-order valence-corrected chi connectivity index (χ2v) is 5.04. The number of hydrogen-bond donors (Lipinski definition) is 1. The van der Waals surface area contributed by atoms with Gasteiger partial charge in [0, 0.05) is 12.1 Å². The van der Waals surface area contributed by atoms with Crippen LogP contribution in [0.1, 0.15) is 31.7 Å². The number of nitro groups is 1. The lowest BCUT2D eigenvalue weighted by Gasteiger charge is -2.14. The average molecular weight is 234 g/mol. The summed E-state index contributed by atoms with van der Waals surface area (Å²) >= 11 is 0. The lowest BCUT2D eigenvalue weighted by Crippen LogP contribution is -2.16. The maximum Gasteiger partial charge on any atom is 0.292 e. The van der Waals surface area contributed by atoms with Crippen LogP contribution in [0.15, 0.2) is 18.2 Å². The third-order valence-electron chi connectivity index (χ3n) is 3.40. The van der Waals surface area contributed by atoms with Gasteiger partial charge in [0.2, 0.25) is 0 Å². The highest BCUT2D eigenvalue weighted by atomic mass is 16.6. The lowest BCUT2D eigenvalue weighted by molar-refractivity contribution is -0.384. The molecule has 1 aliphatic carbocycles. The van der Waals surface area contributed by atoms with E-state index in [-0.39, 0.29) is 10.6 Å². The van der Waals surface area contributed by atoms with Crippen molar-refractivity contribution in [3.05, 3.63) is 33.9 Å². The molecule has 1 saturated carbocycles. The van der Waals surface area contributed by atoms with Crippen LogP contribution < -0.4 is 5.32 Å². The summed E-state index contributed by atoms with van der Waals surface area (Å²) in [7, 11) is 0. The molecule has 1 aromatic rings. The van der Waals surface area contributed by atoms with Crippen molar-refractivity contribution in [2.24, 2.45) is 5.92 Å². The van der Waals surface area contributed by atoms with Crippen LogP contribution in [0.2, 0.25) is 0 Å². The van der Waals surface area contributed by atoms with E-state index in [1.807, 2.05) is 19.1 Å². The van der Waals surface area contributed by atoms with E-state index in [2.05, 4.69) is 12.2 Å². The van der Waals surface area contributed by atoms with E-state index in [0.717, 1.165) is 24.3 Å². The second kappa shape index (κ2) is 4.73. The van der Waals surface area contributed by atoms with E-state index in [9.17, 15) is 10.1 Å². The molecule has 1 N–H and O–H groups in total. The van der Waals surface area contributed by atoms with Crippen LogP contribution in [-0.2, 0) is 0 Å². The van der Waals surface area contributed by atoms with Gasteiger partial charge in [-0.15, -0.1) is 0 Å². The highest BCUT2D eigenvalue weighted by molar-refractivity contribution is 5.63. The maximum atomic E-state index is 11.0. The molecule has 2 rings (SSSR count). The number of rotatable bonds is 3. The first-order valence-electron chi connectivity index (χ1n) is 6.08. The van der Waals surface area contributed by atoms with Crippen molar-refractivity contribution >= 4 is 11.4 Å². The number of nitrogens with zero attached hydrogens (tertiary/aromatic N) is 1. The fourth-order valence-corrected chi connectivity index (χ4v) is 2.47. The number of aryl methyl sites for hydroxylation is 1. The maximum absolute atomic E-state index is 11.0. The molecule has 1 aromatic carbocycles. The topological polar surface area (TPSA) is 55.2 Å². The van der Waals surface area contributed by atoms with Crippen molar-refractivity contribution in [3.8, 4) is 0 Å². The smallest absolute Gasteiger partial charge is 0.292 e. The Labute approximate surface area is 101 Å². The van der Waals surface area contributed by atoms with Gasteiger partial charge in [0.15, 0.2) is 0 Å². The van der Waals surface area contributed by atoms with Crippen molar-refractivity contribution in [1.29, 1.82) is 0 Å². The molecule has 92 valence electrons. The van der Waals surface area contributed by atoms with Crippen molar-refractivity contribution < 1.29 is 4.92 Å². The summed E-state index contributed by atoms with van der Waals surface area (Å²) in [4.78, 5) is 10.7. The third-order valence-corrected chi connectivity index (χ3v) is 3.40. The number of nitro benzene ring substituents is 1. The number of anilines is 1. The minimum absolute atomic E-state index is 0.185. The highest BCUT2D eigenvalue weighted by Gasteiger charge is 2.23. The molecular formula is C13H18N2O2. The van der Waals surface area contributed by atoms with Gasteiger partial charge in [0.1, 0.15) is 5.69 Å². The molecule has 0 radical (unpaired) electrons. The van der Waals surface area contributed by atoms with Crippen LogP contribution in [0.3, 0.4) is 0 Å². The summed E-state index contributed by atoms with van der Waals surface area (Å²) in [6.07, 6.45) is 3.41. The molecule has 0 amide bonds. The van der Waals surface area contributed by atoms with Gasteiger partial charge in [-0.2, -0.15) is 0 Å². The van der Waals surface area contributed by atoms with Crippen LogP contribution in [-0.4, -0.2) is 11.0 Å². The number of benzene rings is 1. The molecule has 1 fully saturated rings. The van der Waals surface area contributed by atoms with E-state index in [0.29, 0.717) is 11.7 Å². The Morgan fingerprint density at radius 2 is 2.18 bits per heavy atom. The number of nitrogens with one attached hydrogen (secondary N) is 1. The van der Waals surface area contributed by atoms with Crippen molar-refractivity contribution in [2.45, 2.75) is 39.2 Å². The minimum Gasteiger partial charge on any atom is -0.377 e. The zero-order valence-electron chi connectivity index (χ0n) is 10.3. The molecule has 4 nitrogen and oxygen atoms in total. The Balaban J connectivity index is 2.17. The molecule has 0 heterocycles. The average Bonchev–Trinajstić information content (AvgIpc) is 2.66. The highest BCUT2D eigenvalue weighted by Crippen LogP contribution is 2.31. The van der Waals surface area contributed by atoms with Crippen molar-refractivity contribution in [2.75, 3.05) is 5.32 Å². The molecule has 17 heavy (non-hydrogen) atoms. The third kappa shape index (κ3) is 2.75. The lowest BCUT2D eigenvalue weighted by atomic mass is 10.1. The van der Waals surface area contributed by atoms with Gasteiger partial charge in [-0.3, -0.25) is 10.1 Å². The van der Waals surface area contributed by atoms with Gasteiger partial charge in [0.05, 0.1) is 4.92 Å². The van der Waals surface area contributed by atoms with Gasteiger partial charge in [-0.1, -0.05) is 13.0 Å². The predicted octanol–water partition coefficient (Wildman–Crippen LogP) is 3.50. The Bertz CT molecular complexity index is 431. The first kappa shape index (κ1) is 11.9. The van der Waals surface area contributed by atoms with Gasteiger partial charge in [0.25, 0.3) is 5.69 Å². The van der Waals surface area contributed by atoms with E-state index in [1.165, 1.54) is 6.42 Å². The summed E-state index contributed by atoms with van der Waals surface area (Å²) in [6.45, 7) is 4.10. The Hall–Kier alpha value is -1.58. The summed E-state index contributed by atoms with van der Waals surface area (Å²) in [6, 6.07) is 5.73. The van der Waals surface area contributed by atoms with E-state index >= 15 is 0 Å². The molecule has 0 saturated heterocycles. The molecule has 0 aliphatic heterocycles. The largest absolute Gasteiger partial charge is 0.377 e. The Kier molecular flexibility index (Phi) is 3.31. The van der Waals surface area contributed by atoms with E-state index < -0.39 is 0 Å². The Morgan fingerprint density at radius 1 is 1.41 bits per heavy atom. The Morgan fingerprint density at radius 3 is 2.76 bits per heavy atom. The second-order valence-electron chi connectivity index (χ2n) is 5.04. The van der Waals surface area contributed by atoms with Crippen LogP contribution in [0.25, 0.3) is 0 Å². The summed E-state index contributed by atoms with van der Waals surface area (Å²) in [5, 5.41) is 14.3. The van der Waals surface area contributed by atoms with Crippen LogP contribution in [0.5, 0.6) is 0 Å². The van der Waals surface area contributed by atoms with Crippen LogP contribution in [0, 0.1) is 23.0 Å². The molecule has 0 spiro atoms. The molecule has 0 bridgehead atoms. The van der Waals surface area contributed by atoms with Crippen molar-refractivity contribution in [1.82, 2.24) is 0 Å². The fraction of sp³-hybridized carbons (Fsp3) is 0.538. The first-order chi connectivity index (χ1) is 8.06. The van der Waals surface area contributed by atoms with Gasteiger partial charge in [-0.05, 0) is 43.7 Å². The normalized spacial score (nSPS) is 23.6. The SMILES string of the molecule is Cc1ccc(NC2CCC(C)C2)c([N+](=O)[O-])c1. The fourth-order valence-electron chi connectivity index (χ4n) is 2.47. The standard InChI is InChI=1S/C13H18N2O2/c1-9-3-5-11(7-9)14-12-6-4-10(2)8-13(12)15(16)17/h4,6,8-9,11,14H,3,5,7H2,1-2H3. The van der Waals surface area contributed by atoms with Crippen molar-refractivity contribution in [3.63, 3.8) is 0 Å². The monoisotopic (exact) mass is 234 g/mol. The van der Waals surface area contributed by atoms with Crippen LogP contribution in [0.4, 0.5) is 11.4 Å². The van der Waals surface area contributed by atoms with E-state index in [4.69, 9.17) is 0 Å². The zero-order chi connectivity index (χ0) is 12.4. The van der Waals surface area contributed by atoms with Gasteiger partial charge < -0.3 is 5.32 Å². The van der Waals surface area contributed by atoms with E-state index in [1.54, 1.807) is 6.07 Å². The first-order valence-corrected chi connectivity index (χ1v) is 6.08. The summed E-state index contributed by atoms with van der Waals surface area (Å²) in [5.74, 6) is 0.719. The molecule has 0 aromatic heterocycles.